The zero-order valence-corrected chi connectivity index (χ0v) is 14.2. The highest BCUT2D eigenvalue weighted by Crippen LogP contribution is 2.21. The molecule has 0 spiro atoms. The van der Waals surface area contributed by atoms with E-state index in [0.29, 0.717) is 22.4 Å². The van der Waals surface area contributed by atoms with Crippen LogP contribution in [0.25, 0.3) is 0 Å². The van der Waals surface area contributed by atoms with Crippen LogP contribution >= 0.6 is 11.6 Å². The molecule has 2 aromatic carbocycles. The van der Waals surface area contributed by atoms with E-state index in [4.69, 9.17) is 21.1 Å². The average molecular weight is 350 g/mol. The van der Waals surface area contributed by atoms with Crippen molar-refractivity contribution in [1.29, 1.82) is 0 Å². The molecule has 0 unspecified atom stereocenters. The van der Waals surface area contributed by atoms with Crippen LogP contribution in [0.5, 0.6) is 5.75 Å². The molecule has 1 heterocycles. The van der Waals surface area contributed by atoms with Gasteiger partial charge in [0.25, 0.3) is 0 Å². The Balaban J connectivity index is 1.47. The van der Waals surface area contributed by atoms with Crippen molar-refractivity contribution in [1.82, 2.24) is 5.32 Å². The number of benzene rings is 2. The normalized spacial score (nSPS) is 17.2. The maximum absolute atomic E-state index is 13.7. The molecule has 5 heteroatoms. The molecule has 128 valence electrons. The van der Waals surface area contributed by atoms with Crippen molar-refractivity contribution in [2.75, 3.05) is 13.2 Å². The minimum absolute atomic E-state index is 0.113. The summed E-state index contributed by atoms with van der Waals surface area (Å²) in [6, 6.07) is 12.4. The summed E-state index contributed by atoms with van der Waals surface area (Å²) in [4.78, 5) is 0. The van der Waals surface area contributed by atoms with Gasteiger partial charge in [0.1, 0.15) is 18.2 Å². The third-order valence-corrected chi connectivity index (χ3v) is 4.45. The molecular formula is C19H21ClFNO2. The number of hydrogen-bond acceptors (Lipinski definition) is 3. The molecule has 0 aromatic heterocycles. The first kappa shape index (κ1) is 17.2. The van der Waals surface area contributed by atoms with E-state index in [1.54, 1.807) is 12.1 Å². The van der Waals surface area contributed by atoms with Crippen LogP contribution < -0.4 is 10.1 Å². The van der Waals surface area contributed by atoms with Crippen LogP contribution in [0.4, 0.5) is 4.39 Å². The fourth-order valence-corrected chi connectivity index (χ4v) is 2.93. The topological polar surface area (TPSA) is 30.5 Å². The van der Waals surface area contributed by atoms with E-state index in [9.17, 15) is 4.39 Å². The second-order valence-electron chi connectivity index (χ2n) is 5.90. The summed E-state index contributed by atoms with van der Waals surface area (Å²) in [5.41, 5.74) is 1.55. The quantitative estimate of drug-likeness (QED) is 0.807. The summed E-state index contributed by atoms with van der Waals surface area (Å²) in [6.45, 7) is 2.66. The molecular weight excluding hydrogens is 329 g/mol. The van der Waals surface area contributed by atoms with E-state index in [1.165, 1.54) is 11.6 Å². The summed E-state index contributed by atoms with van der Waals surface area (Å²) in [6.07, 6.45) is 2.64. The highest BCUT2D eigenvalue weighted by Gasteiger charge is 2.14. The lowest BCUT2D eigenvalue weighted by Crippen LogP contribution is -2.25. The van der Waals surface area contributed by atoms with Gasteiger partial charge in [0, 0.05) is 25.3 Å². The first-order valence-electron chi connectivity index (χ1n) is 8.19. The molecule has 1 aliphatic heterocycles. The number of nitrogens with one attached hydrogen (secondary N) is 1. The number of halogens is 2. The van der Waals surface area contributed by atoms with Crippen molar-refractivity contribution in [3.8, 4) is 5.75 Å². The van der Waals surface area contributed by atoms with Gasteiger partial charge >= 0.3 is 0 Å². The van der Waals surface area contributed by atoms with Gasteiger partial charge in [-0.15, -0.1) is 0 Å². The van der Waals surface area contributed by atoms with Crippen LogP contribution in [0, 0.1) is 5.82 Å². The van der Waals surface area contributed by atoms with Gasteiger partial charge in [0.2, 0.25) is 0 Å². The number of ether oxygens (including phenoxy) is 2. The van der Waals surface area contributed by atoms with E-state index >= 15 is 0 Å². The lowest BCUT2D eigenvalue weighted by Gasteiger charge is -2.12. The Morgan fingerprint density at radius 1 is 1.21 bits per heavy atom. The lowest BCUT2D eigenvalue weighted by molar-refractivity contribution is 0.110. The van der Waals surface area contributed by atoms with E-state index in [-0.39, 0.29) is 12.4 Å². The summed E-state index contributed by atoms with van der Waals surface area (Å²) in [7, 11) is 0. The van der Waals surface area contributed by atoms with Crippen molar-refractivity contribution < 1.29 is 13.9 Å². The predicted molar refractivity (Wildman–Crippen MR) is 92.9 cm³/mol. The lowest BCUT2D eigenvalue weighted by atomic mass is 10.2. The minimum atomic E-state index is -0.350. The third-order valence-electron chi connectivity index (χ3n) is 4.09. The molecule has 2 aromatic rings. The van der Waals surface area contributed by atoms with Crippen LogP contribution in [0.1, 0.15) is 24.0 Å². The molecule has 1 aliphatic rings. The van der Waals surface area contributed by atoms with E-state index in [0.717, 1.165) is 32.5 Å². The van der Waals surface area contributed by atoms with Crippen molar-refractivity contribution in [2.24, 2.45) is 0 Å². The van der Waals surface area contributed by atoms with Gasteiger partial charge < -0.3 is 14.8 Å². The highest BCUT2D eigenvalue weighted by atomic mass is 35.5. The van der Waals surface area contributed by atoms with Crippen LogP contribution in [-0.2, 0) is 17.9 Å². The van der Waals surface area contributed by atoms with Gasteiger partial charge in [0.15, 0.2) is 0 Å². The van der Waals surface area contributed by atoms with Crippen molar-refractivity contribution in [3.05, 3.63) is 64.4 Å². The van der Waals surface area contributed by atoms with E-state index < -0.39 is 0 Å². The predicted octanol–water partition coefficient (Wildman–Crippen LogP) is 4.33. The Morgan fingerprint density at radius 2 is 2.04 bits per heavy atom. The molecule has 24 heavy (non-hydrogen) atoms. The summed E-state index contributed by atoms with van der Waals surface area (Å²) >= 11 is 5.99. The molecule has 3 nitrogen and oxygen atoms in total. The maximum atomic E-state index is 13.7. The molecule has 1 N–H and O–H groups in total. The molecule has 0 aliphatic carbocycles. The van der Waals surface area contributed by atoms with Gasteiger partial charge in [-0.2, -0.15) is 0 Å². The van der Waals surface area contributed by atoms with Gasteiger partial charge in [-0.1, -0.05) is 29.8 Å². The first-order chi connectivity index (χ1) is 11.7. The summed E-state index contributed by atoms with van der Waals surface area (Å²) in [5.74, 6) is 0.342. The van der Waals surface area contributed by atoms with E-state index in [1.807, 2.05) is 24.3 Å². The van der Waals surface area contributed by atoms with Crippen molar-refractivity contribution >= 4 is 11.6 Å². The molecule has 0 amide bonds. The Hall–Kier alpha value is -1.62. The average Bonchev–Trinajstić information content (AvgIpc) is 3.09. The zero-order chi connectivity index (χ0) is 16.8. The van der Waals surface area contributed by atoms with Gasteiger partial charge in [-0.25, -0.2) is 4.39 Å². The minimum Gasteiger partial charge on any atom is -0.489 e. The van der Waals surface area contributed by atoms with E-state index in [2.05, 4.69) is 5.32 Å². The smallest absolute Gasteiger partial charge is 0.131 e. The molecule has 1 atom stereocenters. The Bertz CT molecular complexity index is 637. The maximum Gasteiger partial charge on any atom is 0.131 e. The molecule has 0 saturated carbocycles. The fourth-order valence-electron chi connectivity index (χ4n) is 2.71. The third kappa shape index (κ3) is 4.69. The number of hydrogen-bond donors (Lipinski definition) is 1. The van der Waals surface area contributed by atoms with Crippen molar-refractivity contribution in [3.63, 3.8) is 0 Å². The van der Waals surface area contributed by atoms with Crippen LogP contribution in [0.3, 0.4) is 0 Å². The van der Waals surface area contributed by atoms with Crippen molar-refractivity contribution in [2.45, 2.75) is 32.1 Å². The zero-order valence-electron chi connectivity index (χ0n) is 13.4. The second-order valence-corrected chi connectivity index (χ2v) is 6.31. The largest absolute Gasteiger partial charge is 0.489 e. The Morgan fingerprint density at radius 3 is 2.75 bits per heavy atom. The number of rotatable bonds is 7. The molecule has 0 radical (unpaired) electrons. The van der Waals surface area contributed by atoms with Gasteiger partial charge in [-0.3, -0.25) is 0 Å². The molecule has 3 rings (SSSR count). The fraction of sp³-hybridized carbons (Fsp3) is 0.368. The van der Waals surface area contributed by atoms with Crippen LogP contribution in [-0.4, -0.2) is 19.3 Å². The Kier molecular flexibility index (Phi) is 6.07. The van der Waals surface area contributed by atoms with Crippen LogP contribution in [0.15, 0.2) is 42.5 Å². The Labute approximate surface area is 146 Å². The van der Waals surface area contributed by atoms with Crippen LogP contribution in [0.2, 0.25) is 5.02 Å². The van der Waals surface area contributed by atoms with Gasteiger partial charge in [0.05, 0.1) is 11.1 Å². The first-order valence-corrected chi connectivity index (χ1v) is 8.57. The molecule has 1 saturated heterocycles. The summed E-state index contributed by atoms with van der Waals surface area (Å²) < 4.78 is 24.9. The summed E-state index contributed by atoms with van der Waals surface area (Å²) in [5, 5.41) is 3.78. The highest BCUT2D eigenvalue weighted by molar-refractivity contribution is 6.31. The molecule has 1 fully saturated rings. The monoisotopic (exact) mass is 349 g/mol. The molecule has 0 bridgehead atoms. The standard InChI is InChI=1S/C19H21ClFNO2/c20-18-4-1-5-19(21)17(18)13-24-15-8-6-14(7-9-15)11-22-12-16-3-2-10-23-16/h1,4-9,16,22H,2-3,10-13H2/t16-/m1/s1. The van der Waals surface area contributed by atoms with Gasteiger partial charge in [-0.05, 0) is 42.7 Å². The SMILES string of the molecule is Fc1cccc(Cl)c1COc1ccc(CNC[C@H]2CCCO2)cc1. The second kappa shape index (κ2) is 8.47.